The van der Waals surface area contributed by atoms with Crippen LogP contribution in [0.25, 0.3) is 21.3 Å². The first kappa shape index (κ1) is 21.0. The first-order valence-electron chi connectivity index (χ1n) is 9.29. The van der Waals surface area contributed by atoms with E-state index in [1.165, 1.54) is 6.33 Å². The Morgan fingerprint density at radius 2 is 1.77 bits per heavy atom. The summed E-state index contributed by atoms with van der Waals surface area (Å²) in [5.74, 6) is -0.855. The van der Waals surface area contributed by atoms with Crippen molar-refractivity contribution in [3.63, 3.8) is 0 Å². The van der Waals surface area contributed by atoms with Gasteiger partial charge in [-0.25, -0.2) is 9.97 Å². The molecule has 2 aromatic carbocycles. The largest absolute Gasteiger partial charge is 0.480 e. The van der Waals surface area contributed by atoms with Gasteiger partial charge in [0.15, 0.2) is 0 Å². The number of nitrogens with zero attached hydrogens (tertiary/aromatic N) is 2. The highest BCUT2D eigenvalue weighted by molar-refractivity contribution is 9.10. The van der Waals surface area contributed by atoms with Crippen LogP contribution in [0.2, 0.25) is 0 Å². The van der Waals surface area contributed by atoms with Gasteiger partial charge in [-0.05, 0) is 48.9 Å². The molecule has 0 aliphatic heterocycles. The van der Waals surface area contributed by atoms with Gasteiger partial charge in [0.25, 0.3) is 5.91 Å². The first-order chi connectivity index (χ1) is 14.9. The molecule has 0 spiro atoms. The van der Waals surface area contributed by atoms with Crippen molar-refractivity contribution in [3.8, 4) is 11.1 Å². The molecule has 31 heavy (non-hydrogen) atoms. The monoisotopic (exact) mass is 496 g/mol. The van der Waals surface area contributed by atoms with Gasteiger partial charge < -0.3 is 15.7 Å². The fraction of sp³-hybridized carbons (Fsp3) is 0.0909. The predicted octanol–water partition coefficient (Wildman–Crippen LogP) is 4.99. The number of anilines is 2. The van der Waals surface area contributed by atoms with Crippen molar-refractivity contribution in [2.24, 2.45) is 0 Å². The minimum atomic E-state index is -1.09. The van der Waals surface area contributed by atoms with Crippen molar-refractivity contribution in [2.45, 2.75) is 6.92 Å². The van der Waals surface area contributed by atoms with E-state index in [0.29, 0.717) is 11.4 Å². The fourth-order valence-corrected chi connectivity index (χ4v) is 4.48. The van der Waals surface area contributed by atoms with Gasteiger partial charge in [-0.15, -0.1) is 11.3 Å². The Kier molecular flexibility index (Phi) is 5.97. The number of thiophene rings is 1. The smallest absolute Gasteiger partial charge is 0.322 e. The van der Waals surface area contributed by atoms with E-state index in [9.17, 15) is 9.59 Å². The number of aryl methyl sites for hydroxylation is 1. The molecule has 1 amide bonds. The Morgan fingerprint density at radius 1 is 1.06 bits per heavy atom. The van der Waals surface area contributed by atoms with E-state index in [-0.39, 0.29) is 0 Å². The molecule has 0 unspecified atom stereocenters. The zero-order valence-corrected chi connectivity index (χ0v) is 18.8. The van der Waals surface area contributed by atoms with Gasteiger partial charge >= 0.3 is 5.97 Å². The number of carbonyl (C=O) groups excluding carboxylic acids is 1. The Morgan fingerprint density at radius 3 is 2.45 bits per heavy atom. The summed E-state index contributed by atoms with van der Waals surface area (Å²) in [4.78, 5) is 33.5. The van der Waals surface area contributed by atoms with Crippen LogP contribution in [0.15, 0.2) is 59.3 Å². The molecule has 4 aromatic rings. The Hall–Kier alpha value is -3.30. The van der Waals surface area contributed by atoms with Crippen molar-refractivity contribution < 1.29 is 14.7 Å². The lowest BCUT2D eigenvalue weighted by molar-refractivity contribution is -0.135. The van der Waals surface area contributed by atoms with E-state index >= 15 is 0 Å². The number of amides is 1. The van der Waals surface area contributed by atoms with Gasteiger partial charge in [0, 0.05) is 26.2 Å². The third kappa shape index (κ3) is 4.57. The fourth-order valence-electron chi connectivity index (χ4n) is 3.20. The normalized spacial score (nSPS) is 10.8. The van der Waals surface area contributed by atoms with E-state index < -0.39 is 18.4 Å². The number of aliphatic carboxylic acids is 1. The molecule has 3 N–H and O–H groups in total. The van der Waals surface area contributed by atoms with Crippen LogP contribution in [-0.2, 0) is 4.79 Å². The van der Waals surface area contributed by atoms with Crippen molar-refractivity contribution >= 4 is 60.9 Å². The summed E-state index contributed by atoms with van der Waals surface area (Å²) in [5.41, 5.74) is 3.29. The third-order valence-corrected chi connectivity index (χ3v) is 6.15. The summed E-state index contributed by atoms with van der Waals surface area (Å²) >= 11 is 5.09. The molecule has 4 rings (SSSR count). The van der Waals surface area contributed by atoms with E-state index in [2.05, 4.69) is 55.6 Å². The number of carbonyl (C=O) groups is 2. The highest BCUT2D eigenvalue weighted by atomic mass is 79.9. The number of hydrogen-bond donors (Lipinski definition) is 3. The average molecular weight is 497 g/mol. The number of fused-ring (bicyclic) bond motifs is 1. The topological polar surface area (TPSA) is 104 Å². The maximum absolute atomic E-state index is 12.0. The lowest BCUT2D eigenvalue weighted by atomic mass is 10.0. The number of aromatic nitrogens is 2. The van der Waals surface area contributed by atoms with Crippen LogP contribution < -0.4 is 10.6 Å². The predicted molar refractivity (Wildman–Crippen MR) is 125 cm³/mol. The molecule has 0 atom stereocenters. The van der Waals surface area contributed by atoms with Gasteiger partial charge in [-0.3, -0.25) is 9.59 Å². The van der Waals surface area contributed by atoms with E-state index in [0.717, 1.165) is 36.4 Å². The van der Waals surface area contributed by atoms with E-state index in [1.54, 1.807) is 35.6 Å². The lowest BCUT2D eigenvalue weighted by Gasteiger charge is -2.10. The van der Waals surface area contributed by atoms with Gasteiger partial charge in [-0.2, -0.15) is 0 Å². The number of rotatable bonds is 6. The molecule has 0 bridgehead atoms. The first-order valence-corrected chi connectivity index (χ1v) is 10.9. The number of carboxylic acids is 1. The van der Waals surface area contributed by atoms with Gasteiger partial charge in [0.1, 0.15) is 23.5 Å². The Balaban J connectivity index is 1.65. The summed E-state index contributed by atoms with van der Waals surface area (Å²) in [6, 6.07) is 14.9. The molecule has 2 heterocycles. The number of halogens is 1. The van der Waals surface area contributed by atoms with Crippen LogP contribution in [0, 0.1) is 6.92 Å². The number of carboxylic acid groups (broad SMARTS) is 1. The molecule has 0 radical (unpaired) electrons. The van der Waals surface area contributed by atoms with Crippen LogP contribution >= 0.6 is 27.3 Å². The van der Waals surface area contributed by atoms with Crippen LogP contribution in [0.5, 0.6) is 0 Å². The minimum absolute atomic E-state index is 0.376. The molecule has 9 heteroatoms. The zero-order valence-electron chi connectivity index (χ0n) is 16.3. The van der Waals surface area contributed by atoms with Crippen molar-refractivity contribution in [1.29, 1.82) is 0 Å². The summed E-state index contributed by atoms with van der Waals surface area (Å²) in [6.07, 6.45) is 1.53. The van der Waals surface area contributed by atoms with Crippen molar-refractivity contribution in [3.05, 3.63) is 69.8 Å². The molecule has 7 nitrogen and oxygen atoms in total. The summed E-state index contributed by atoms with van der Waals surface area (Å²) in [6.45, 7) is 1.64. The maximum atomic E-state index is 12.0. The number of hydrogen-bond acceptors (Lipinski definition) is 6. The molecule has 0 fully saturated rings. The van der Waals surface area contributed by atoms with Crippen LogP contribution in [0.1, 0.15) is 15.2 Å². The van der Waals surface area contributed by atoms with E-state index in [1.807, 2.05) is 12.1 Å². The second kappa shape index (κ2) is 8.83. The van der Waals surface area contributed by atoms with Gasteiger partial charge in [-0.1, -0.05) is 28.1 Å². The molecule has 0 saturated carbocycles. The standard InChI is InChI=1S/C22H17BrN4O3S/c1-12-18(13-2-6-15(23)7-3-13)19-20(25-11-26-22(19)31-12)27-16-8-4-14(5-9-16)21(30)24-10-17(28)29/h2-9,11H,10H2,1H3,(H,24,30)(H,28,29)(H,25,26,27). The van der Waals surface area contributed by atoms with E-state index in [4.69, 9.17) is 5.11 Å². The highest BCUT2D eigenvalue weighted by Gasteiger charge is 2.17. The molecular weight excluding hydrogens is 480 g/mol. The SMILES string of the molecule is Cc1sc2ncnc(Nc3ccc(C(=O)NCC(=O)O)cc3)c2c1-c1ccc(Br)cc1. The van der Waals surface area contributed by atoms with Crippen molar-refractivity contribution in [1.82, 2.24) is 15.3 Å². The molecule has 0 saturated heterocycles. The summed E-state index contributed by atoms with van der Waals surface area (Å²) in [7, 11) is 0. The maximum Gasteiger partial charge on any atom is 0.322 e. The van der Waals surface area contributed by atoms with Crippen LogP contribution in [0.4, 0.5) is 11.5 Å². The quantitative estimate of drug-likeness (QED) is 0.347. The molecular formula is C22H17BrN4O3S. The van der Waals surface area contributed by atoms with Crippen LogP contribution in [0.3, 0.4) is 0 Å². The molecule has 0 aliphatic rings. The highest BCUT2D eigenvalue weighted by Crippen LogP contribution is 2.41. The summed E-state index contributed by atoms with van der Waals surface area (Å²) < 4.78 is 1.01. The van der Waals surface area contributed by atoms with Gasteiger partial charge in [0.2, 0.25) is 0 Å². The molecule has 0 aliphatic carbocycles. The molecule has 156 valence electrons. The average Bonchev–Trinajstić information content (AvgIpc) is 3.10. The second-order valence-electron chi connectivity index (χ2n) is 6.72. The molecule has 2 aromatic heterocycles. The number of benzene rings is 2. The van der Waals surface area contributed by atoms with Crippen molar-refractivity contribution in [2.75, 3.05) is 11.9 Å². The summed E-state index contributed by atoms with van der Waals surface area (Å²) in [5, 5.41) is 15.3. The second-order valence-corrected chi connectivity index (χ2v) is 8.84. The van der Waals surface area contributed by atoms with Gasteiger partial charge in [0.05, 0.1) is 5.39 Å². The zero-order chi connectivity index (χ0) is 22.0. The Labute approximate surface area is 190 Å². The third-order valence-electron chi connectivity index (χ3n) is 4.61. The van der Waals surface area contributed by atoms with Crippen LogP contribution in [-0.4, -0.2) is 33.5 Å². The Bertz CT molecular complexity index is 1270. The number of nitrogens with one attached hydrogen (secondary N) is 2. The lowest BCUT2D eigenvalue weighted by Crippen LogP contribution is -2.29. The minimum Gasteiger partial charge on any atom is -0.480 e.